The van der Waals surface area contributed by atoms with Gasteiger partial charge in [-0.1, -0.05) is 37.3 Å². The van der Waals surface area contributed by atoms with Crippen molar-refractivity contribution in [3.8, 4) is 11.5 Å². The number of hydrogen-bond acceptors (Lipinski definition) is 5. The van der Waals surface area contributed by atoms with Gasteiger partial charge < -0.3 is 19.5 Å². The predicted molar refractivity (Wildman–Crippen MR) is 113 cm³/mol. The third-order valence-electron chi connectivity index (χ3n) is 4.82. The first-order valence-electron chi connectivity index (χ1n) is 10.1. The molecule has 1 atom stereocenters. The Morgan fingerprint density at radius 1 is 1.24 bits per heavy atom. The van der Waals surface area contributed by atoms with Gasteiger partial charge in [0.2, 0.25) is 0 Å². The zero-order valence-electron chi connectivity index (χ0n) is 17.3. The molecule has 1 N–H and O–H groups in total. The topological polar surface area (TPSA) is 73.9 Å². The fraction of sp³-hybridized carbons (Fsp3) is 0.545. The zero-order chi connectivity index (χ0) is 21.2. The van der Waals surface area contributed by atoms with Crippen LogP contribution in [0.2, 0.25) is 5.02 Å². The van der Waals surface area contributed by atoms with Gasteiger partial charge in [-0.25, -0.2) is 4.79 Å². The van der Waals surface area contributed by atoms with Gasteiger partial charge in [0.15, 0.2) is 17.6 Å². The van der Waals surface area contributed by atoms with Crippen LogP contribution in [0.4, 0.5) is 0 Å². The highest BCUT2D eigenvalue weighted by Crippen LogP contribution is 2.36. The molecule has 0 spiro atoms. The molecule has 0 aliphatic heterocycles. The van der Waals surface area contributed by atoms with Gasteiger partial charge >= 0.3 is 5.97 Å². The first-order chi connectivity index (χ1) is 13.9. The summed E-state index contributed by atoms with van der Waals surface area (Å²) >= 11 is 6.23. The smallest absolute Gasteiger partial charge is 0.331 e. The lowest BCUT2D eigenvalue weighted by molar-refractivity contribution is -0.150. The Morgan fingerprint density at radius 2 is 1.93 bits per heavy atom. The van der Waals surface area contributed by atoms with Gasteiger partial charge in [0.25, 0.3) is 5.91 Å². The molecule has 2 rings (SSSR count). The van der Waals surface area contributed by atoms with Crippen LogP contribution in [0.3, 0.4) is 0 Å². The summed E-state index contributed by atoms with van der Waals surface area (Å²) in [4.78, 5) is 24.4. The van der Waals surface area contributed by atoms with E-state index in [-0.39, 0.29) is 11.9 Å². The molecule has 1 aromatic rings. The number of ether oxygens (including phenoxy) is 3. The summed E-state index contributed by atoms with van der Waals surface area (Å²) in [5.74, 6) is 0.0747. The van der Waals surface area contributed by atoms with Crippen molar-refractivity contribution in [2.45, 2.75) is 64.5 Å². The second kappa shape index (κ2) is 11.7. The van der Waals surface area contributed by atoms with E-state index in [2.05, 4.69) is 5.32 Å². The minimum atomic E-state index is -0.853. The van der Waals surface area contributed by atoms with E-state index in [1.807, 2.05) is 6.92 Å². The summed E-state index contributed by atoms with van der Waals surface area (Å²) in [5, 5.41) is 3.37. The Kier molecular flexibility index (Phi) is 9.32. The first-order valence-corrected chi connectivity index (χ1v) is 10.5. The summed E-state index contributed by atoms with van der Waals surface area (Å²) in [6.45, 7) is 3.89. The summed E-state index contributed by atoms with van der Waals surface area (Å²) in [6.07, 6.45) is 8.59. The van der Waals surface area contributed by atoms with Crippen LogP contribution >= 0.6 is 11.6 Å². The molecule has 0 aromatic heterocycles. The molecular formula is C22H30ClNO5. The van der Waals surface area contributed by atoms with Gasteiger partial charge in [-0.05, 0) is 50.5 Å². The van der Waals surface area contributed by atoms with E-state index < -0.39 is 12.1 Å². The monoisotopic (exact) mass is 423 g/mol. The number of rotatable bonds is 8. The highest BCUT2D eigenvalue weighted by atomic mass is 35.5. The van der Waals surface area contributed by atoms with E-state index in [0.29, 0.717) is 28.7 Å². The number of nitrogens with one attached hydrogen (secondary N) is 1. The fourth-order valence-electron chi connectivity index (χ4n) is 3.29. The quantitative estimate of drug-likeness (QED) is 0.377. The number of methoxy groups -OCH3 is 1. The zero-order valence-corrected chi connectivity index (χ0v) is 18.1. The van der Waals surface area contributed by atoms with Crippen molar-refractivity contribution in [1.29, 1.82) is 0 Å². The van der Waals surface area contributed by atoms with Gasteiger partial charge in [0, 0.05) is 12.1 Å². The van der Waals surface area contributed by atoms with Crippen LogP contribution in [0, 0.1) is 0 Å². The molecule has 0 radical (unpaired) electrons. The molecule has 1 amide bonds. The third kappa shape index (κ3) is 7.28. The Hall–Kier alpha value is -2.21. The molecular weight excluding hydrogens is 394 g/mol. The van der Waals surface area contributed by atoms with Crippen molar-refractivity contribution >= 4 is 29.6 Å². The van der Waals surface area contributed by atoms with E-state index in [1.165, 1.54) is 26.0 Å². The van der Waals surface area contributed by atoms with Crippen molar-refractivity contribution in [2.75, 3.05) is 13.7 Å². The van der Waals surface area contributed by atoms with Gasteiger partial charge in [0.1, 0.15) is 0 Å². The maximum atomic E-state index is 12.3. The first kappa shape index (κ1) is 23.1. The standard InChI is InChI=1S/C22H30ClNO5/c1-4-28-21-18(23)13-16(14-19(21)27-3)11-12-20(25)29-15(2)22(26)24-17-9-7-5-6-8-10-17/h11-15,17H,4-10H2,1-3H3,(H,24,26)/b12-11+/t15-/m1/s1. The minimum Gasteiger partial charge on any atom is -0.493 e. The molecule has 1 aromatic carbocycles. The van der Waals surface area contributed by atoms with Crippen LogP contribution in [0.25, 0.3) is 6.08 Å². The van der Waals surface area contributed by atoms with Crippen molar-refractivity contribution in [2.24, 2.45) is 0 Å². The summed E-state index contributed by atoms with van der Waals surface area (Å²) in [7, 11) is 1.52. The lowest BCUT2D eigenvalue weighted by Gasteiger charge is -2.19. The average molecular weight is 424 g/mol. The molecule has 1 saturated carbocycles. The molecule has 160 valence electrons. The van der Waals surface area contributed by atoms with Crippen LogP contribution in [0.5, 0.6) is 11.5 Å². The average Bonchev–Trinajstić information content (AvgIpc) is 2.96. The van der Waals surface area contributed by atoms with Crippen molar-refractivity contribution in [3.63, 3.8) is 0 Å². The van der Waals surface area contributed by atoms with Crippen LogP contribution in [0.15, 0.2) is 18.2 Å². The van der Waals surface area contributed by atoms with Crippen LogP contribution in [-0.4, -0.2) is 37.7 Å². The lowest BCUT2D eigenvalue weighted by Crippen LogP contribution is -2.41. The molecule has 1 aliphatic rings. The molecule has 1 aliphatic carbocycles. The molecule has 1 fully saturated rings. The summed E-state index contributed by atoms with van der Waals surface area (Å²) in [5.41, 5.74) is 0.655. The number of carbonyl (C=O) groups excluding carboxylic acids is 2. The third-order valence-corrected chi connectivity index (χ3v) is 5.10. The van der Waals surface area contributed by atoms with Crippen molar-refractivity contribution in [3.05, 3.63) is 28.8 Å². The predicted octanol–water partition coefficient (Wildman–Crippen LogP) is 4.53. The van der Waals surface area contributed by atoms with Gasteiger partial charge in [-0.3, -0.25) is 4.79 Å². The van der Waals surface area contributed by atoms with Crippen molar-refractivity contribution in [1.82, 2.24) is 5.32 Å². The Labute approximate surface area is 177 Å². The molecule has 0 saturated heterocycles. The summed E-state index contributed by atoms with van der Waals surface area (Å²) < 4.78 is 16.0. The second-order valence-electron chi connectivity index (χ2n) is 7.08. The van der Waals surface area contributed by atoms with Gasteiger partial charge in [0.05, 0.1) is 18.7 Å². The van der Waals surface area contributed by atoms with Crippen molar-refractivity contribution < 1.29 is 23.8 Å². The SMILES string of the molecule is CCOc1c(Cl)cc(/C=C/C(=O)O[C@H](C)C(=O)NC2CCCCCC2)cc1OC. The Balaban J connectivity index is 1.92. The highest BCUT2D eigenvalue weighted by Gasteiger charge is 2.21. The minimum absolute atomic E-state index is 0.167. The molecule has 0 heterocycles. The number of halogens is 1. The van der Waals surface area contributed by atoms with E-state index in [1.54, 1.807) is 25.1 Å². The highest BCUT2D eigenvalue weighted by molar-refractivity contribution is 6.32. The molecule has 6 nitrogen and oxygen atoms in total. The Morgan fingerprint density at radius 3 is 2.55 bits per heavy atom. The largest absolute Gasteiger partial charge is 0.493 e. The number of benzene rings is 1. The number of amides is 1. The molecule has 7 heteroatoms. The molecule has 29 heavy (non-hydrogen) atoms. The second-order valence-corrected chi connectivity index (χ2v) is 7.48. The van der Waals surface area contributed by atoms with Crippen LogP contribution in [-0.2, 0) is 14.3 Å². The fourth-order valence-corrected chi connectivity index (χ4v) is 3.57. The molecule has 0 unspecified atom stereocenters. The number of hydrogen-bond donors (Lipinski definition) is 1. The number of carbonyl (C=O) groups is 2. The van der Waals surface area contributed by atoms with Crippen LogP contribution < -0.4 is 14.8 Å². The maximum absolute atomic E-state index is 12.3. The maximum Gasteiger partial charge on any atom is 0.331 e. The number of esters is 1. The van der Waals surface area contributed by atoms with E-state index in [4.69, 9.17) is 25.8 Å². The lowest BCUT2D eigenvalue weighted by atomic mass is 10.1. The van der Waals surface area contributed by atoms with Crippen LogP contribution in [0.1, 0.15) is 57.9 Å². The van der Waals surface area contributed by atoms with E-state index >= 15 is 0 Å². The van der Waals surface area contributed by atoms with E-state index in [9.17, 15) is 9.59 Å². The van der Waals surface area contributed by atoms with Gasteiger partial charge in [-0.2, -0.15) is 0 Å². The normalized spacial score (nSPS) is 16.1. The van der Waals surface area contributed by atoms with Gasteiger partial charge in [-0.15, -0.1) is 0 Å². The summed E-state index contributed by atoms with van der Waals surface area (Å²) in [6, 6.07) is 3.55. The Bertz CT molecular complexity index is 726. The molecule has 0 bridgehead atoms. The van der Waals surface area contributed by atoms with E-state index in [0.717, 1.165) is 25.7 Å².